The van der Waals surface area contributed by atoms with Crippen LogP contribution < -0.4 is 27.1 Å². The van der Waals surface area contributed by atoms with Gasteiger partial charge in [0, 0.05) is 24.3 Å². The van der Waals surface area contributed by atoms with Gasteiger partial charge in [-0.15, -0.1) is 0 Å². The molecule has 0 radical (unpaired) electrons. The Morgan fingerprint density at radius 1 is 1.41 bits per heavy atom. The first kappa shape index (κ1) is 11.6. The zero-order chi connectivity index (χ0) is 12.4. The number of anilines is 2. The van der Waals surface area contributed by atoms with Crippen molar-refractivity contribution in [2.75, 3.05) is 23.7 Å². The first-order valence-electron chi connectivity index (χ1n) is 5.82. The van der Waals surface area contributed by atoms with Gasteiger partial charge in [0.2, 0.25) is 0 Å². The molecule has 2 rings (SSSR count). The van der Waals surface area contributed by atoms with E-state index in [1.54, 1.807) is 0 Å². The second-order valence-electron chi connectivity index (χ2n) is 4.57. The summed E-state index contributed by atoms with van der Waals surface area (Å²) in [6.07, 6.45) is 1.04. The van der Waals surface area contributed by atoms with E-state index in [2.05, 4.69) is 22.0 Å². The molecule has 1 aromatic rings. The van der Waals surface area contributed by atoms with E-state index in [0.29, 0.717) is 12.0 Å². The van der Waals surface area contributed by atoms with Crippen LogP contribution in [0, 0.1) is 6.92 Å². The van der Waals surface area contributed by atoms with Crippen molar-refractivity contribution in [1.82, 2.24) is 0 Å². The van der Waals surface area contributed by atoms with Crippen LogP contribution in [-0.2, 0) is 0 Å². The van der Waals surface area contributed by atoms with Crippen LogP contribution in [0.2, 0.25) is 0 Å². The van der Waals surface area contributed by atoms with Gasteiger partial charge < -0.3 is 10.6 Å². The van der Waals surface area contributed by atoms with Gasteiger partial charge in [-0.2, -0.15) is 0 Å². The van der Waals surface area contributed by atoms with Crippen LogP contribution >= 0.6 is 0 Å². The first-order chi connectivity index (χ1) is 8.06. The summed E-state index contributed by atoms with van der Waals surface area (Å²) in [7, 11) is 0. The van der Waals surface area contributed by atoms with Gasteiger partial charge in [0.15, 0.2) is 0 Å². The number of hydrogen-bond acceptors (Lipinski definition) is 2. The lowest BCUT2D eigenvalue weighted by Crippen LogP contribution is -2.84. The topological polar surface area (TPSA) is 95.3 Å². The van der Waals surface area contributed by atoms with E-state index in [-0.39, 0.29) is 0 Å². The maximum atomic E-state index is 5.81. The number of benzene rings is 1. The van der Waals surface area contributed by atoms with Gasteiger partial charge >= 0.3 is 5.96 Å². The van der Waals surface area contributed by atoms with Gasteiger partial charge in [-0.05, 0) is 30.7 Å². The molecule has 0 spiro atoms. The number of nitrogen functional groups attached to an aromatic ring is 1. The van der Waals surface area contributed by atoms with Crippen molar-refractivity contribution < 1.29 is 4.99 Å². The molecule has 1 atom stereocenters. The van der Waals surface area contributed by atoms with Crippen molar-refractivity contribution in [2.24, 2.45) is 11.5 Å². The Morgan fingerprint density at radius 2 is 2.18 bits per heavy atom. The van der Waals surface area contributed by atoms with E-state index in [9.17, 15) is 0 Å². The van der Waals surface area contributed by atoms with Crippen molar-refractivity contribution in [1.29, 1.82) is 0 Å². The molecule has 0 aromatic heterocycles. The van der Waals surface area contributed by atoms with Crippen molar-refractivity contribution in [3.8, 4) is 0 Å². The fourth-order valence-electron chi connectivity index (χ4n) is 2.20. The van der Waals surface area contributed by atoms with E-state index in [0.717, 1.165) is 30.8 Å². The first-order valence-corrected chi connectivity index (χ1v) is 5.82. The molecule has 0 amide bonds. The Balaban J connectivity index is 2.10. The lowest BCUT2D eigenvalue weighted by molar-refractivity contribution is -0.498. The van der Waals surface area contributed by atoms with Crippen molar-refractivity contribution in [2.45, 2.75) is 19.4 Å². The lowest BCUT2D eigenvalue weighted by atomic mass is 10.2. The van der Waals surface area contributed by atoms with Gasteiger partial charge in [-0.25, -0.2) is 0 Å². The third kappa shape index (κ3) is 2.61. The normalized spacial score (nSPS) is 19.4. The third-order valence-corrected chi connectivity index (χ3v) is 3.18. The van der Waals surface area contributed by atoms with Crippen molar-refractivity contribution in [3.63, 3.8) is 0 Å². The zero-order valence-corrected chi connectivity index (χ0v) is 10.1. The Kier molecular flexibility index (Phi) is 3.08. The van der Waals surface area contributed by atoms with Gasteiger partial charge in [0.25, 0.3) is 0 Å². The van der Waals surface area contributed by atoms with E-state index >= 15 is 0 Å². The summed E-state index contributed by atoms with van der Waals surface area (Å²) in [6.45, 7) is 3.95. The standard InChI is InChI=1S/C12H19N5/c1-8-6-10(2-3-11(8)13)17-5-4-9(7-17)16-12(14)15/h2-3,6,9H,4-5,7,13H2,1H3,(H4,14,15,16)/p+1. The molecule has 1 aromatic carbocycles. The van der Waals surface area contributed by atoms with Crippen LogP contribution in [0.25, 0.3) is 0 Å². The van der Waals surface area contributed by atoms with Crippen LogP contribution in [-0.4, -0.2) is 25.1 Å². The minimum Gasteiger partial charge on any atom is -0.399 e. The van der Waals surface area contributed by atoms with Gasteiger partial charge in [-0.3, -0.25) is 16.5 Å². The van der Waals surface area contributed by atoms with Crippen molar-refractivity contribution >= 4 is 17.3 Å². The number of rotatable bonds is 2. The maximum Gasteiger partial charge on any atom is 0.339 e. The average Bonchev–Trinajstić information content (AvgIpc) is 2.69. The largest absolute Gasteiger partial charge is 0.399 e. The number of nitrogens with two attached hydrogens (primary N) is 3. The summed E-state index contributed by atoms with van der Waals surface area (Å²) in [4.78, 5) is 5.39. The summed E-state index contributed by atoms with van der Waals surface area (Å²) in [5.74, 6) is 0.297. The molecule has 1 aliphatic rings. The molecule has 17 heavy (non-hydrogen) atoms. The highest BCUT2D eigenvalue weighted by Crippen LogP contribution is 2.23. The van der Waals surface area contributed by atoms with E-state index < -0.39 is 0 Å². The van der Waals surface area contributed by atoms with Gasteiger partial charge in [-0.1, -0.05) is 0 Å². The summed E-state index contributed by atoms with van der Waals surface area (Å²) >= 11 is 0. The monoisotopic (exact) mass is 234 g/mol. The second-order valence-corrected chi connectivity index (χ2v) is 4.57. The molecule has 1 unspecified atom stereocenters. The number of nitrogens with one attached hydrogen (secondary N) is 1. The SMILES string of the molecule is Cc1cc(N2CCC([NH+]=C(N)N)C2)ccc1N. The molecule has 1 fully saturated rings. The third-order valence-electron chi connectivity index (χ3n) is 3.18. The molecule has 0 saturated carbocycles. The highest BCUT2D eigenvalue weighted by atomic mass is 15.2. The van der Waals surface area contributed by atoms with Gasteiger partial charge in [0.05, 0.1) is 12.6 Å². The van der Waals surface area contributed by atoms with E-state index in [1.807, 2.05) is 13.0 Å². The molecule has 5 heteroatoms. The summed E-state index contributed by atoms with van der Waals surface area (Å²) in [5.41, 5.74) is 19.9. The molecular formula is C12H20N5+. The van der Waals surface area contributed by atoms with E-state index in [4.69, 9.17) is 17.2 Å². The van der Waals surface area contributed by atoms with Crippen LogP contribution in [0.3, 0.4) is 0 Å². The summed E-state index contributed by atoms with van der Waals surface area (Å²) in [5, 5.41) is 0. The fraction of sp³-hybridized carbons (Fsp3) is 0.417. The molecule has 7 N–H and O–H groups in total. The van der Waals surface area contributed by atoms with E-state index in [1.165, 1.54) is 5.69 Å². The molecule has 1 saturated heterocycles. The quantitative estimate of drug-likeness (QED) is 0.285. The predicted molar refractivity (Wildman–Crippen MR) is 70.6 cm³/mol. The van der Waals surface area contributed by atoms with Crippen molar-refractivity contribution in [3.05, 3.63) is 23.8 Å². The van der Waals surface area contributed by atoms with Crippen LogP contribution in [0.15, 0.2) is 18.2 Å². The van der Waals surface area contributed by atoms with Crippen LogP contribution in [0.4, 0.5) is 11.4 Å². The Labute approximate surface area is 101 Å². The molecule has 1 aliphatic heterocycles. The molecule has 5 nitrogen and oxygen atoms in total. The molecule has 92 valence electrons. The minimum absolute atomic E-state index is 0.297. The Bertz CT molecular complexity index is 437. The minimum atomic E-state index is 0.297. The summed E-state index contributed by atoms with van der Waals surface area (Å²) < 4.78 is 0. The lowest BCUT2D eigenvalue weighted by Gasteiger charge is -2.18. The molecule has 0 aliphatic carbocycles. The number of aryl methyl sites for hydroxylation is 1. The molecule has 1 heterocycles. The number of hydrogen-bond donors (Lipinski definition) is 4. The number of guanidine groups is 1. The zero-order valence-electron chi connectivity index (χ0n) is 10.1. The predicted octanol–water partition coefficient (Wildman–Crippen LogP) is -1.49. The fourth-order valence-corrected chi connectivity index (χ4v) is 2.20. The second kappa shape index (κ2) is 4.53. The smallest absolute Gasteiger partial charge is 0.339 e. The van der Waals surface area contributed by atoms with Crippen LogP contribution in [0.5, 0.6) is 0 Å². The van der Waals surface area contributed by atoms with Crippen LogP contribution in [0.1, 0.15) is 12.0 Å². The average molecular weight is 234 g/mol. The number of nitrogens with zero attached hydrogens (tertiary/aromatic N) is 1. The maximum absolute atomic E-state index is 5.81. The highest BCUT2D eigenvalue weighted by Gasteiger charge is 2.23. The molecular weight excluding hydrogens is 214 g/mol. The summed E-state index contributed by atoms with van der Waals surface area (Å²) in [6, 6.07) is 6.46. The highest BCUT2D eigenvalue weighted by molar-refractivity contribution is 5.69. The Morgan fingerprint density at radius 3 is 2.82 bits per heavy atom. The molecule has 0 bridgehead atoms. The Hall–Kier alpha value is -1.91. The van der Waals surface area contributed by atoms with Gasteiger partial charge in [0.1, 0.15) is 0 Å².